The topological polar surface area (TPSA) is 136 Å². The maximum absolute atomic E-state index is 9.37. The predicted molar refractivity (Wildman–Crippen MR) is 44.0 cm³/mol. The van der Waals surface area contributed by atoms with E-state index in [4.69, 9.17) is 15.6 Å². The third-order valence-electron chi connectivity index (χ3n) is 2.25. The summed E-state index contributed by atoms with van der Waals surface area (Å²) in [6.45, 7) is -0.628. The summed E-state index contributed by atoms with van der Waals surface area (Å²) in [5.41, 5.74) is 5.28. The van der Waals surface area contributed by atoms with Crippen molar-refractivity contribution >= 4 is 0 Å². The van der Waals surface area contributed by atoms with Crippen LogP contribution in [0.4, 0.5) is 0 Å². The molecule has 1 saturated heterocycles. The lowest BCUT2D eigenvalue weighted by molar-refractivity contribution is -0.244. The van der Waals surface area contributed by atoms with E-state index in [-0.39, 0.29) is 0 Å². The fourth-order valence-corrected chi connectivity index (χ4v) is 1.36. The Morgan fingerprint density at radius 3 is 2.21 bits per heavy atom. The molecule has 6 atom stereocenters. The van der Waals surface area contributed by atoms with E-state index in [0.29, 0.717) is 0 Å². The molecule has 0 aliphatic carbocycles. The molecular formula is C7H15NO6. The molecule has 0 spiro atoms. The maximum atomic E-state index is 9.37. The van der Waals surface area contributed by atoms with E-state index in [1.807, 2.05) is 0 Å². The summed E-state index contributed by atoms with van der Waals surface area (Å²) in [6.07, 6.45) is -8.13. The van der Waals surface area contributed by atoms with Crippen LogP contribution in [0.5, 0.6) is 0 Å². The third-order valence-corrected chi connectivity index (χ3v) is 2.25. The molecule has 1 heterocycles. The monoisotopic (exact) mass is 209 g/mol. The number of rotatable bonds is 2. The quantitative estimate of drug-likeness (QED) is 0.273. The minimum atomic E-state index is -1.50. The molecule has 1 rings (SSSR count). The van der Waals surface area contributed by atoms with Crippen LogP contribution in [0.3, 0.4) is 0 Å². The van der Waals surface area contributed by atoms with Gasteiger partial charge in [-0.1, -0.05) is 0 Å². The van der Waals surface area contributed by atoms with Crippen LogP contribution in [-0.2, 0) is 4.74 Å². The van der Waals surface area contributed by atoms with Crippen LogP contribution in [-0.4, -0.2) is 68.9 Å². The largest absolute Gasteiger partial charge is 0.394 e. The number of nitrogens with two attached hydrogens (primary N) is 1. The Hall–Kier alpha value is -0.280. The van der Waals surface area contributed by atoms with E-state index >= 15 is 0 Å². The van der Waals surface area contributed by atoms with Gasteiger partial charge in [-0.2, -0.15) is 0 Å². The molecule has 0 bridgehead atoms. The summed E-state index contributed by atoms with van der Waals surface area (Å²) in [4.78, 5) is 0. The molecule has 1 aliphatic rings. The van der Waals surface area contributed by atoms with E-state index in [2.05, 4.69) is 0 Å². The van der Waals surface area contributed by atoms with Gasteiger partial charge in [0.05, 0.1) is 6.61 Å². The zero-order valence-electron chi connectivity index (χ0n) is 7.39. The van der Waals surface area contributed by atoms with Crippen molar-refractivity contribution in [3.8, 4) is 0 Å². The van der Waals surface area contributed by atoms with Crippen molar-refractivity contribution < 1.29 is 30.3 Å². The molecule has 0 amide bonds. The Morgan fingerprint density at radius 1 is 1.14 bits per heavy atom. The zero-order chi connectivity index (χ0) is 10.9. The molecule has 84 valence electrons. The molecule has 1 aliphatic heterocycles. The minimum absolute atomic E-state index is 0.628. The molecule has 0 aromatic heterocycles. The van der Waals surface area contributed by atoms with Gasteiger partial charge in [-0.25, -0.2) is 0 Å². The van der Waals surface area contributed by atoms with Gasteiger partial charge in [0.15, 0.2) is 0 Å². The predicted octanol–water partition coefficient (Wildman–Crippen LogP) is -3.89. The molecular weight excluding hydrogens is 194 g/mol. The van der Waals surface area contributed by atoms with Crippen molar-refractivity contribution in [2.45, 2.75) is 36.7 Å². The lowest BCUT2D eigenvalue weighted by Crippen LogP contribution is -2.63. The van der Waals surface area contributed by atoms with E-state index in [9.17, 15) is 20.4 Å². The smallest absolute Gasteiger partial charge is 0.135 e. The van der Waals surface area contributed by atoms with Crippen molar-refractivity contribution in [2.75, 3.05) is 6.61 Å². The first-order valence-corrected chi connectivity index (χ1v) is 4.23. The highest BCUT2D eigenvalue weighted by Crippen LogP contribution is 2.20. The second kappa shape index (κ2) is 4.49. The van der Waals surface area contributed by atoms with E-state index in [0.717, 1.165) is 0 Å². The minimum Gasteiger partial charge on any atom is -0.394 e. The van der Waals surface area contributed by atoms with Crippen LogP contribution in [0, 0.1) is 0 Å². The second-order valence-electron chi connectivity index (χ2n) is 3.29. The lowest BCUT2D eigenvalue weighted by atomic mass is 9.95. The summed E-state index contributed by atoms with van der Waals surface area (Å²) in [6, 6.07) is 0. The average Bonchev–Trinajstić information content (AvgIpc) is 2.19. The summed E-state index contributed by atoms with van der Waals surface area (Å²) in [5, 5.41) is 45.6. The van der Waals surface area contributed by atoms with Crippen molar-refractivity contribution in [3.05, 3.63) is 0 Å². The van der Waals surface area contributed by atoms with Crippen LogP contribution in [0.25, 0.3) is 0 Å². The molecule has 5 unspecified atom stereocenters. The normalized spacial score (nSPS) is 46.3. The summed E-state index contributed by atoms with van der Waals surface area (Å²) in [7, 11) is 0. The fourth-order valence-electron chi connectivity index (χ4n) is 1.36. The Bertz CT molecular complexity index is 191. The number of ether oxygens (including phenoxy) is 1. The van der Waals surface area contributed by atoms with E-state index in [1.54, 1.807) is 0 Å². The van der Waals surface area contributed by atoms with Crippen molar-refractivity contribution in [1.82, 2.24) is 0 Å². The first-order chi connectivity index (χ1) is 6.49. The van der Waals surface area contributed by atoms with Gasteiger partial charge in [-0.05, 0) is 0 Å². The first kappa shape index (κ1) is 11.8. The van der Waals surface area contributed by atoms with Crippen molar-refractivity contribution in [3.63, 3.8) is 0 Å². The summed E-state index contributed by atoms with van der Waals surface area (Å²) < 4.78 is 4.84. The Morgan fingerprint density at radius 2 is 1.71 bits per heavy atom. The Kier molecular flexibility index (Phi) is 3.78. The van der Waals surface area contributed by atoms with Crippen LogP contribution in [0.2, 0.25) is 0 Å². The highest BCUT2D eigenvalue weighted by atomic mass is 16.6. The molecule has 7 heteroatoms. The Labute approximate surface area is 80.3 Å². The standard InChI is InChI=1S/C7H15NO6/c8-7-5(13)3(11)4(12)6(14-7)2(10)1-9/h2-7,9-13H,1,8H2/t2?,3?,4?,5?,6?,7-/m1/s1. The van der Waals surface area contributed by atoms with Gasteiger partial charge in [0.1, 0.15) is 36.7 Å². The molecule has 0 aromatic rings. The molecule has 7 N–H and O–H groups in total. The van der Waals surface area contributed by atoms with Crippen LogP contribution < -0.4 is 5.73 Å². The van der Waals surface area contributed by atoms with Crippen LogP contribution in [0.1, 0.15) is 0 Å². The van der Waals surface area contributed by atoms with Gasteiger partial charge in [0.2, 0.25) is 0 Å². The zero-order valence-corrected chi connectivity index (χ0v) is 7.39. The van der Waals surface area contributed by atoms with E-state index in [1.165, 1.54) is 0 Å². The molecule has 0 saturated carbocycles. The third kappa shape index (κ3) is 2.04. The number of aliphatic hydroxyl groups is 5. The highest BCUT2D eigenvalue weighted by molar-refractivity contribution is 4.92. The average molecular weight is 209 g/mol. The Balaban J connectivity index is 2.70. The van der Waals surface area contributed by atoms with Crippen molar-refractivity contribution in [1.29, 1.82) is 0 Å². The van der Waals surface area contributed by atoms with Gasteiger partial charge in [0, 0.05) is 0 Å². The van der Waals surface area contributed by atoms with Crippen LogP contribution >= 0.6 is 0 Å². The highest BCUT2D eigenvalue weighted by Gasteiger charge is 2.44. The molecule has 0 aromatic carbocycles. The van der Waals surface area contributed by atoms with E-state index < -0.39 is 43.4 Å². The number of aliphatic hydroxyl groups excluding tert-OH is 5. The molecule has 14 heavy (non-hydrogen) atoms. The fraction of sp³-hybridized carbons (Fsp3) is 1.00. The van der Waals surface area contributed by atoms with Gasteiger partial charge in [-0.15, -0.1) is 0 Å². The maximum Gasteiger partial charge on any atom is 0.135 e. The van der Waals surface area contributed by atoms with Gasteiger partial charge in [-0.3, -0.25) is 0 Å². The SMILES string of the molecule is N[C@@H]1OC(C(O)CO)C(O)C(O)C1O. The number of hydrogen-bond acceptors (Lipinski definition) is 7. The van der Waals surface area contributed by atoms with Crippen LogP contribution in [0.15, 0.2) is 0 Å². The molecule has 7 nitrogen and oxygen atoms in total. The summed E-state index contributed by atoms with van der Waals surface area (Å²) in [5.74, 6) is 0. The lowest BCUT2D eigenvalue weighted by Gasteiger charge is -2.40. The summed E-state index contributed by atoms with van der Waals surface area (Å²) >= 11 is 0. The van der Waals surface area contributed by atoms with Crippen molar-refractivity contribution in [2.24, 2.45) is 5.73 Å². The molecule has 0 radical (unpaired) electrons. The first-order valence-electron chi connectivity index (χ1n) is 4.23. The van der Waals surface area contributed by atoms with Gasteiger partial charge < -0.3 is 36.0 Å². The molecule has 1 fully saturated rings. The van der Waals surface area contributed by atoms with Gasteiger partial charge >= 0.3 is 0 Å². The number of hydrogen-bond donors (Lipinski definition) is 6. The van der Waals surface area contributed by atoms with Gasteiger partial charge in [0.25, 0.3) is 0 Å². The second-order valence-corrected chi connectivity index (χ2v) is 3.29.